The van der Waals surface area contributed by atoms with E-state index in [9.17, 15) is 15.8 Å². The SMILES string of the molecule is COc1cc([C@@H]2[C@@H]3CN(C)CC=C3[C@@H](C#N)C(=N)C2(C#N)C#N)ccc1OC(C)C. The molecule has 7 nitrogen and oxygen atoms in total. The Balaban J connectivity index is 2.22. The van der Waals surface area contributed by atoms with E-state index in [1.54, 1.807) is 19.2 Å². The van der Waals surface area contributed by atoms with E-state index < -0.39 is 17.3 Å². The molecule has 0 bridgehead atoms. The van der Waals surface area contributed by atoms with Crippen molar-refractivity contribution in [2.45, 2.75) is 25.9 Å². The molecule has 0 aromatic heterocycles. The molecule has 2 aliphatic rings. The predicted molar refractivity (Wildman–Crippen MR) is 111 cm³/mol. The highest BCUT2D eigenvalue weighted by Crippen LogP contribution is 2.54. The minimum absolute atomic E-state index is 0.0390. The van der Waals surface area contributed by atoms with E-state index in [0.29, 0.717) is 24.6 Å². The Bertz CT molecular complexity index is 994. The summed E-state index contributed by atoms with van der Waals surface area (Å²) in [6, 6.07) is 11.8. The second-order valence-corrected chi connectivity index (χ2v) is 8.09. The van der Waals surface area contributed by atoms with Crippen LogP contribution in [0.3, 0.4) is 0 Å². The number of methoxy groups -OCH3 is 1. The summed E-state index contributed by atoms with van der Waals surface area (Å²) >= 11 is 0. The molecule has 1 aliphatic carbocycles. The first kappa shape index (κ1) is 21.4. The maximum absolute atomic E-state index is 10.1. The largest absolute Gasteiger partial charge is 0.493 e. The molecule has 1 N–H and O–H groups in total. The van der Waals surface area contributed by atoms with Gasteiger partial charge in [0.15, 0.2) is 16.9 Å². The van der Waals surface area contributed by atoms with Crippen molar-refractivity contribution in [1.82, 2.24) is 4.90 Å². The van der Waals surface area contributed by atoms with Crippen molar-refractivity contribution in [3.05, 3.63) is 35.4 Å². The van der Waals surface area contributed by atoms with Gasteiger partial charge in [-0.3, -0.25) is 0 Å². The van der Waals surface area contributed by atoms with E-state index in [1.807, 2.05) is 33.0 Å². The van der Waals surface area contributed by atoms with Gasteiger partial charge in [0.2, 0.25) is 0 Å². The monoisotopic (exact) mass is 403 g/mol. The molecule has 1 aromatic carbocycles. The van der Waals surface area contributed by atoms with Crippen molar-refractivity contribution < 1.29 is 9.47 Å². The molecule has 0 saturated heterocycles. The van der Waals surface area contributed by atoms with E-state index >= 15 is 0 Å². The number of fused-ring (bicyclic) bond motifs is 1. The van der Waals surface area contributed by atoms with Crippen LogP contribution in [0.2, 0.25) is 0 Å². The Kier molecular flexibility index (Phi) is 5.83. The normalized spacial score (nSPS) is 25.3. The molecule has 1 fully saturated rings. The van der Waals surface area contributed by atoms with Crippen LogP contribution in [0.1, 0.15) is 25.3 Å². The lowest BCUT2D eigenvalue weighted by Gasteiger charge is -2.47. The predicted octanol–water partition coefficient (Wildman–Crippen LogP) is 3.26. The standard InChI is InChI=1S/C23H25N5O2/c1-14(2)30-19-6-5-15(9-20(19)29-4)21-18-11-28(3)8-7-16(18)17(10-24)22(27)23(21,12-25)13-26/h5-7,9,14,17-18,21,27H,8,11H2,1-4H3/t17-,18-,21-/m1/s1. The lowest BCUT2D eigenvalue weighted by atomic mass is 9.54. The molecule has 30 heavy (non-hydrogen) atoms. The smallest absolute Gasteiger partial charge is 0.189 e. The highest BCUT2D eigenvalue weighted by atomic mass is 16.5. The Labute approximate surface area is 177 Å². The Morgan fingerprint density at radius 2 is 1.90 bits per heavy atom. The first-order valence-electron chi connectivity index (χ1n) is 9.87. The molecule has 0 spiro atoms. The van der Waals surface area contributed by atoms with Gasteiger partial charge in [0.05, 0.1) is 37.1 Å². The minimum atomic E-state index is -1.73. The summed E-state index contributed by atoms with van der Waals surface area (Å²) in [7, 11) is 3.51. The zero-order chi connectivity index (χ0) is 22.1. The molecule has 3 rings (SSSR count). The van der Waals surface area contributed by atoms with Crippen LogP contribution in [0.5, 0.6) is 11.5 Å². The van der Waals surface area contributed by atoms with E-state index in [2.05, 4.69) is 23.1 Å². The fourth-order valence-electron chi connectivity index (χ4n) is 4.56. The van der Waals surface area contributed by atoms with Crippen molar-refractivity contribution in [1.29, 1.82) is 21.2 Å². The number of nitrogens with one attached hydrogen (secondary N) is 1. The third-order valence-corrected chi connectivity index (χ3v) is 5.88. The zero-order valence-corrected chi connectivity index (χ0v) is 17.6. The Morgan fingerprint density at radius 3 is 2.47 bits per heavy atom. The summed E-state index contributed by atoms with van der Waals surface area (Å²) in [6.07, 6.45) is 1.93. The van der Waals surface area contributed by atoms with Gasteiger partial charge < -0.3 is 19.8 Å². The van der Waals surface area contributed by atoms with Gasteiger partial charge in [-0.15, -0.1) is 0 Å². The van der Waals surface area contributed by atoms with Crippen molar-refractivity contribution in [3.8, 4) is 29.7 Å². The highest BCUT2D eigenvalue weighted by Gasteiger charge is 2.57. The molecule has 3 atom stereocenters. The van der Waals surface area contributed by atoms with Crippen LogP contribution in [0.4, 0.5) is 0 Å². The van der Waals surface area contributed by atoms with Gasteiger partial charge in [0.25, 0.3) is 0 Å². The van der Waals surface area contributed by atoms with Gasteiger partial charge in [-0.2, -0.15) is 15.8 Å². The van der Waals surface area contributed by atoms with Gasteiger partial charge in [0, 0.05) is 24.9 Å². The number of benzene rings is 1. The Hall–Kier alpha value is -3.34. The van der Waals surface area contributed by atoms with Gasteiger partial charge in [-0.25, -0.2) is 0 Å². The van der Waals surface area contributed by atoms with Gasteiger partial charge >= 0.3 is 0 Å². The van der Waals surface area contributed by atoms with E-state index in [0.717, 1.165) is 11.1 Å². The molecular weight excluding hydrogens is 378 g/mol. The summed E-state index contributed by atoms with van der Waals surface area (Å²) in [6.45, 7) is 5.10. The summed E-state index contributed by atoms with van der Waals surface area (Å²) in [5.74, 6) is -0.601. The van der Waals surface area contributed by atoms with E-state index in [4.69, 9.17) is 14.9 Å². The maximum Gasteiger partial charge on any atom is 0.189 e. The summed E-state index contributed by atoms with van der Waals surface area (Å²) in [5, 5.41) is 38.6. The van der Waals surface area contributed by atoms with Gasteiger partial charge in [0.1, 0.15) is 5.92 Å². The molecule has 0 unspecified atom stereocenters. The summed E-state index contributed by atoms with van der Waals surface area (Å²) < 4.78 is 11.3. The molecule has 154 valence electrons. The van der Waals surface area contributed by atoms with Gasteiger partial charge in [-0.1, -0.05) is 12.1 Å². The van der Waals surface area contributed by atoms with Crippen LogP contribution in [0.15, 0.2) is 29.8 Å². The molecule has 7 heteroatoms. The third-order valence-electron chi connectivity index (χ3n) is 5.88. The first-order valence-corrected chi connectivity index (χ1v) is 9.87. The summed E-state index contributed by atoms with van der Waals surface area (Å²) in [5.41, 5.74) is -0.327. The van der Waals surface area contributed by atoms with Crippen LogP contribution in [-0.4, -0.2) is 44.0 Å². The molecule has 0 radical (unpaired) electrons. The Morgan fingerprint density at radius 1 is 1.20 bits per heavy atom. The van der Waals surface area contributed by atoms with Gasteiger partial charge in [-0.05, 0) is 44.2 Å². The number of nitriles is 3. The van der Waals surface area contributed by atoms with Crippen molar-refractivity contribution in [2.75, 3.05) is 27.2 Å². The number of hydrogen-bond donors (Lipinski definition) is 1. The lowest BCUT2D eigenvalue weighted by Crippen LogP contribution is -2.52. The average molecular weight is 403 g/mol. The first-order chi connectivity index (χ1) is 14.3. The number of likely N-dealkylation sites (N-methyl/N-ethyl adjacent to an activating group) is 1. The fourth-order valence-corrected chi connectivity index (χ4v) is 4.56. The number of ether oxygens (including phenoxy) is 2. The maximum atomic E-state index is 10.1. The van der Waals surface area contributed by atoms with Crippen LogP contribution in [0.25, 0.3) is 0 Å². The molecule has 1 heterocycles. The quantitative estimate of drug-likeness (QED) is 0.771. The van der Waals surface area contributed by atoms with Crippen molar-refractivity contribution in [3.63, 3.8) is 0 Å². The molecular formula is C23H25N5O2. The van der Waals surface area contributed by atoms with E-state index in [-0.39, 0.29) is 17.7 Å². The second-order valence-electron chi connectivity index (χ2n) is 8.09. The molecule has 0 amide bonds. The van der Waals surface area contributed by atoms with Crippen molar-refractivity contribution in [2.24, 2.45) is 17.3 Å². The lowest BCUT2D eigenvalue weighted by molar-refractivity contribution is 0.227. The number of nitrogens with zero attached hydrogens (tertiary/aromatic N) is 4. The molecule has 1 aliphatic heterocycles. The topological polar surface area (TPSA) is 117 Å². The van der Waals surface area contributed by atoms with Crippen LogP contribution >= 0.6 is 0 Å². The molecule has 1 aromatic rings. The number of rotatable bonds is 4. The fraction of sp³-hybridized carbons (Fsp3) is 0.478. The third kappa shape index (κ3) is 3.30. The highest BCUT2D eigenvalue weighted by molar-refractivity contribution is 6.00. The zero-order valence-electron chi connectivity index (χ0n) is 17.6. The van der Waals surface area contributed by atoms with Crippen LogP contribution < -0.4 is 9.47 Å². The average Bonchev–Trinajstić information content (AvgIpc) is 2.73. The number of hydrogen-bond acceptors (Lipinski definition) is 7. The minimum Gasteiger partial charge on any atom is -0.493 e. The van der Waals surface area contributed by atoms with Crippen molar-refractivity contribution >= 4 is 5.71 Å². The van der Waals surface area contributed by atoms with Crippen LogP contribution in [0, 0.1) is 56.7 Å². The van der Waals surface area contributed by atoms with Crippen LogP contribution in [-0.2, 0) is 0 Å². The van der Waals surface area contributed by atoms with E-state index in [1.165, 1.54) is 0 Å². The molecule has 1 saturated carbocycles. The second kappa shape index (κ2) is 8.19. The summed E-state index contributed by atoms with van der Waals surface area (Å²) in [4.78, 5) is 2.09.